The van der Waals surface area contributed by atoms with Gasteiger partial charge in [-0.05, 0) is 24.6 Å². The molecule has 0 spiro atoms. The van der Waals surface area contributed by atoms with Crippen molar-refractivity contribution in [3.63, 3.8) is 0 Å². The van der Waals surface area contributed by atoms with Crippen molar-refractivity contribution in [2.24, 2.45) is 0 Å². The van der Waals surface area contributed by atoms with Crippen LogP contribution in [0.3, 0.4) is 0 Å². The molecule has 0 saturated carbocycles. The Hall–Kier alpha value is -1.02. The Morgan fingerprint density at radius 1 is 1.26 bits per heavy atom. The van der Waals surface area contributed by atoms with Gasteiger partial charge in [0, 0.05) is 19.6 Å². The molecule has 0 bridgehead atoms. The maximum absolute atomic E-state index is 12.7. The lowest BCUT2D eigenvalue weighted by Crippen LogP contribution is -2.35. The molecule has 0 radical (unpaired) electrons. The highest BCUT2D eigenvalue weighted by Crippen LogP contribution is 2.06. The third-order valence-corrected chi connectivity index (χ3v) is 3.69. The fourth-order valence-corrected chi connectivity index (χ4v) is 2.60. The van der Waals surface area contributed by atoms with Gasteiger partial charge in [0.05, 0.1) is 11.9 Å². The van der Waals surface area contributed by atoms with Crippen molar-refractivity contribution in [1.29, 1.82) is 0 Å². The van der Waals surface area contributed by atoms with Crippen molar-refractivity contribution in [2.75, 3.05) is 19.6 Å². The van der Waals surface area contributed by atoms with Crippen LogP contribution in [0.2, 0.25) is 0 Å². The van der Waals surface area contributed by atoms with Crippen molar-refractivity contribution in [2.45, 2.75) is 18.8 Å². The molecule has 0 aliphatic rings. The van der Waals surface area contributed by atoms with Crippen LogP contribution in [0.4, 0.5) is 4.39 Å². The summed E-state index contributed by atoms with van der Waals surface area (Å²) in [5.74, 6) is -0.569. The second-order valence-electron chi connectivity index (χ2n) is 4.33. The third-order valence-electron chi connectivity index (χ3n) is 2.33. The average Bonchev–Trinajstić information content (AvgIpc) is 2.31. The molecule has 1 rings (SSSR count). The SMILES string of the molecule is CC(O)CNCCNS(=O)(=O)Cc1ccc(F)cc1. The molecule has 0 aromatic heterocycles. The van der Waals surface area contributed by atoms with Crippen molar-refractivity contribution < 1.29 is 17.9 Å². The van der Waals surface area contributed by atoms with Crippen LogP contribution in [0.1, 0.15) is 12.5 Å². The Bertz CT molecular complexity index is 474. The first-order valence-corrected chi connectivity index (χ1v) is 7.65. The van der Waals surface area contributed by atoms with E-state index in [4.69, 9.17) is 5.11 Å². The molecule has 1 atom stereocenters. The van der Waals surface area contributed by atoms with Gasteiger partial charge in [-0.2, -0.15) is 0 Å². The molecule has 1 aromatic rings. The minimum atomic E-state index is -3.42. The number of rotatable bonds is 8. The first kappa shape index (κ1) is 16.0. The Morgan fingerprint density at radius 3 is 2.47 bits per heavy atom. The van der Waals surface area contributed by atoms with Crippen LogP contribution in [0.15, 0.2) is 24.3 Å². The van der Waals surface area contributed by atoms with Gasteiger partial charge in [-0.15, -0.1) is 0 Å². The minimum absolute atomic E-state index is 0.177. The van der Waals surface area contributed by atoms with E-state index in [0.29, 0.717) is 18.7 Å². The molecule has 0 aliphatic heterocycles. The van der Waals surface area contributed by atoms with Crippen LogP contribution in [0.5, 0.6) is 0 Å². The summed E-state index contributed by atoms with van der Waals surface area (Å²) in [6.07, 6.45) is -0.462. The molecule has 108 valence electrons. The Kier molecular flexibility index (Phi) is 6.36. The highest BCUT2D eigenvalue weighted by Gasteiger charge is 2.10. The Labute approximate surface area is 112 Å². The van der Waals surface area contributed by atoms with Gasteiger partial charge in [-0.1, -0.05) is 12.1 Å². The number of hydrogen-bond acceptors (Lipinski definition) is 4. The molecule has 3 N–H and O–H groups in total. The minimum Gasteiger partial charge on any atom is -0.392 e. The second-order valence-corrected chi connectivity index (χ2v) is 6.14. The van der Waals surface area contributed by atoms with Gasteiger partial charge in [-0.3, -0.25) is 0 Å². The zero-order valence-corrected chi connectivity index (χ0v) is 11.6. The average molecular weight is 290 g/mol. The molecule has 7 heteroatoms. The Morgan fingerprint density at radius 2 is 1.89 bits per heavy atom. The monoisotopic (exact) mass is 290 g/mol. The molecule has 19 heavy (non-hydrogen) atoms. The van der Waals surface area contributed by atoms with E-state index in [2.05, 4.69) is 10.0 Å². The van der Waals surface area contributed by atoms with E-state index >= 15 is 0 Å². The summed E-state index contributed by atoms with van der Waals surface area (Å²) in [6, 6.07) is 5.35. The van der Waals surface area contributed by atoms with Gasteiger partial charge in [0.2, 0.25) is 10.0 Å². The molecule has 0 aliphatic carbocycles. The summed E-state index contributed by atoms with van der Waals surface area (Å²) >= 11 is 0. The first-order chi connectivity index (χ1) is 8.89. The van der Waals surface area contributed by atoms with Crippen LogP contribution in [0.25, 0.3) is 0 Å². The second kappa shape index (κ2) is 7.54. The number of benzene rings is 1. The molecule has 1 unspecified atom stereocenters. The largest absolute Gasteiger partial charge is 0.392 e. The molecule has 0 saturated heterocycles. The van der Waals surface area contributed by atoms with E-state index in [9.17, 15) is 12.8 Å². The van der Waals surface area contributed by atoms with Crippen molar-refractivity contribution >= 4 is 10.0 Å². The number of aliphatic hydroxyl groups excluding tert-OH is 1. The fraction of sp³-hybridized carbons (Fsp3) is 0.500. The molecule has 0 fully saturated rings. The van der Waals surface area contributed by atoms with E-state index in [1.165, 1.54) is 24.3 Å². The van der Waals surface area contributed by atoms with E-state index < -0.39 is 21.9 Å². The maximum atomic E-state index is 12.7. The van der Waals surface area contributed by atoms with Gasteiger partial charge in [0.1, 0.15) is 5.82 Å². The fourth-order valence-electron chi connectivity index (χ4n) is 1.46. The van der Waals surface area contributed by atoms with Gasteiger partial charge in [0.15, 0.2) is 0 Å². The van der Waals surface area contributed by atoms with Crippen LogP contribution < -0.4 is 10.0 Å². The Balaban J connectivity index is 2.34. The molecule has 0 amide bonds. The van der Waals surface area contributed by atoms with Crippen LogP contribution in [-0.2, 0) is 15.8 Å². The molecular weight excluding hydrogens is 271 g/mol. The lowest BCUT2D eigenvalue weighted by molar-refractivity contribution is 0.192. The zero-order chi connectivity index (χ0) is 14.3. The summed E-state index contributed by atoms with van der Waals surface area (Å²) in [5, 5.41) is 11.9. The highest BCUT2D eigenvalue weighted by atomic mass is 32.2. The predicted octanol–water partition coefficient (Wildman–Crippen LogP) is 0.216. The summed E-state index contributed by atoms with van der Waals surface area (Å²) in [5.41, 5.74) is 0.533. The van der Waals surface area contributed by atoms with E-state index in [-0.39, 0.29) is 12.3 Å². The quantitative estimate of drug-likeness (QED) is 0.598. The van der Waals surface area contributed by atoms with Crippen molar-refractivity contribution in [3.8, 4) is 0 Å². The normalized spacial score (nSPS) is 13.4. The van der Waals surface area contributed by atoms with Gasteiger partial charge in [-0.25, -0.2) is 17.5 Å². The first-order valence-electron chi connectivity index (χ1n) is 5.99. The predicted molar refractivity (Wildman–Crippen MR) is 71.6 cm³/mol. The number of hydrogen-bond donors (Lipinski definition) is 3. The molecule has 5 nitrogen and oxygen atoms in total. The van der Waals surface area contributed by atoms with Gasteiger partial charge < -0.3 is 10.4 Å². The number of halogens is 1. The van der Waals surface area contributed by atoms with E-state index in [1.54, 1.807) is 6.92 Å². The standard InChI is InChI=1S/C12H19FN2O3S/c1-10(16)8-14-6-7-15-19(17,18)9-11-2-4-12(13)5-3-11/h2-5,10,14-16H,6-9H2,1H3. The maximum Gasteiger partial charge on any atom is 0.215 e. The van der Waals surface area contributed by atoms with Crippen molar-refractivity contribution in [1.82, 2.24) is 10.0 Å². The summed E-state index contributed by atoms with van der Waals surface area (Å²) in [7, 11) is -3.42. The molecule has 1 aromatic carbocycles. The van der Waals surface area contributed by atoms with Crippen molar-refractivity contribution in [3.05, 3.63) is 35.6 Å². The topological polar surface area (TPSA) is 78.4 Å². The summed E-state index contributed by atoms with van der Waals surface area (Å²) in [6.45, 7) is 2.75. The van der Waals surface area contributed by atoms with E-state index in [0.717, 1.165) is 0 Å². The molecule has 0 heterocycles. The zero-order valence-electron chi connectivity index (χ0n) is 10.8. The van der Waals surface area contributed by atoms with E-state index in [1.807, 2.05) is 0 Å². The van der Waals surface area contributed by atoms with Crippen LogP contribution in [-0.4, -0.2) is 39.3 Å². The van der Waals surface area contributed by atoms with Gasteiger partial charge >= 0.3 is 0 Å². The summed E-state index contributed by atoms with van der Waals surface area (Å²) < 4.78 is 38.5. The lowest BCUT2D eigenvalue weighted by atomic mass is 10.2. The smallest absolute Gasteiger partial charge is 0.215 e. The van der Waals surface area contributed by atoms with Crippen LogP contribution >= 0.6 is 0 Å². The third kappa shape index (κ3) is 7.22. The van der Waals surface area contributed by atoms with Gasteiger partial charge in [0.25, 0.3) is 0 Å². The lowest BCUT2D eigenvalue weighted by Gasteiger charge is -2.09. The number of sulfonamides is 1. The summed E-state index contributed by atoms with van der Waals surface area (Å²) in [4.78, 5) is 0. The van der Waals surface area contributed by atoms with Crippen LogP contribution in [0, 0.1) is 5.82 Å². The highest BCUT2D eigenvalue weighted by molar-refractivity contribution is 7.88. The molecular formula is C12H19FN2O3S. The number of aliphatic hydroxyl groups is 1. The number of nitrogens with one attached hydrogen (secondary N) is 2.